The third kappa shape index (κ3) is 3.35. The van der Waals surface area contributed by atoms with Crippen molar-refractivity contribution in [3.8, 4) is 6.07 Å². The van der Waals surface area contributed by atoms with E-state index in [9.17, 15) is 13.2 Å². The molecule has 0 aliphatic rings. The van der Waals surface area contributed by atoms with Crippen LogP contribution in [0.1, 0.15) is 11.1 Å². The minimum absolute atomic E-state index is 0.0496. The van der Waals surface area contributed by atoms with Gasteiger partial charge >= 0.3 is 6.18 Å². The maximum absolute atomic E-state index is 12.7. The molecule has 0 aliphatic carbocycles. The minimum Gasteiger partial charge on any atom is -0.395 e. The van der Waals surface area contributed by atoms with Gasteiger partial charge in [0.1, 0.15) is 6.07 Å². The van der Waals surface area contributed by atoms with Crippen LogP contribution in [0.5, 0.6) is 0 Å². The van der Waals surface area contributed by atoms with E-state index >= 15 is 0 Å². The van der Waals surface area contributed by atoms with Crippen LogP contribution < -0.4 is 11.1 Å². The fourth-order valence-corrected chi connectivity index (χ4v) is 1.87. The predicted molar refractivity (Wildman–Crippen MR) is 73.1 cm³/mol. The van der Waals surface area contributed by atoms with Crippen LogP contribution in [0.15, 0.2) is 30.5 Å². The Kier molecular flexibility index (Phi) is 3.91. The smallest absolute Gasteiger partial charge is 0.395 e. The van der Waals surface area contributed by atoms with Gasteiger partial charge in [0.15, 0.2) is 5.82 Å². The summed E-state index contributed by atoms with van der Waals surface area (Å²) in [5.74, 6) is 0.0874. The largest absolute Gasteiger partial charge is 0.416 e. The second-order valence-electron chi connectivity index (χ2n) is 4.08. The Labute approximate surface area is 123 Å². The summed E-state index contributed by atoms with van der Waals surface area (Å²) in [5, 5.41) is 11.4. The molecule has 0 unspecified atom stereocenters. The first-order chi connectivity index (χ1) is 9.81. The number of rotatable bonds is 2. The van der Waals surface area contributed by atoms with E-state index < -0.39 is 11.7 Å². The zero-order valence-electron chi connectivity index (χ0n) is 10.4. The lowest BCUT2D eigenvalue weighted by atomic mass is 10.2. The zero-order chi connectivity index (χ0) is 15.6. The summed E-state index contributed by atoms with van der Waals surface area (Å²) in [4.78, 5) is 3.89. The summed E-state index contributed by atoms with van der Waals surface area (Å²) in [7, 11) is 0. The first-order valence-corrected chi connectivity index (χ1v) is 5.98. The lowest BCUT2D eigenvalue weighted by Gasteiger charge is -2.12. The Hall–Kier alpha value is -2.46. The summed E-state index contributed by atoms with van der Waals surface area (Å²) < 4.78 is 38.1. The molecule has 1 aromatic carbocycles. The topological polar surface area (TPSA) is 74.7 Å². The van der Waals surface area contributed by atoms with Crippen molar-refractivity contribution >= 4 is 28.8 Å². The number of hydrogen-bond acceptors (Lipinski definition) is 4. The molecule has 1 aromatic heterocycles. The van der Waals surface area contributed by atoms with E-state index in [1.165, 1.54) is 18.3 Å². The Balaban J connectivity index is 2.41. The van der Waals surface area contributed by atoms with Crippen LogP contribution in [-0.4, -0.2) is 4.98 Å². The van der Waals surface area contributed by atoms with Crippen molar-refractivity contribution in [2.24, 2.45) is 0 Å². The molecule has 21 heavy (non-hydrogen) atoms. The van der Waals surface area contributed by atoms with Crippen LogP contribution in [0.2, 0.25) is 5.02 Å². The average molecular weight is 313 g/mol. The second kappa shape index (κ2) is 5.50. The molecule has 2 aromatic rings. The molecule has 0 spiro atoms. The van der Waals surface area contributed by atoms with Gasteiger partial charge in [-0.2, -0.15) is 18.4 Å². The molecule has 4 nitrogen and oxygen atoms in total. The van der Waals surface area contributed by atoms with Gasteiger partial charge in [-0.15, -0.1) is 0 Å². The molecule has 8 heteroatoms. The quantitative estimate of drug-likeness (QED) is 0.880. The zero-order valence-corrected chi connectivity index (χ0v) is 11.1. The van der Waals surface area contributed by atoms with Crippen molar-refractivity contribution in [2.75, 3.05) is 11.1 Å². The fourth-order valence-electron chi connectivity index (χ4n) is 1.63. The molecular formula is C13H8ClF3N4. The standard InChI is InChI=1S/C13H8ClF3N4/c14-9-3-8(13(15,16)17)4-10(5-9)21-12-11(19)7(6-18)1-2-20-12/h1-5H,19H2,(H,20,21). The van der Waals surface area contributed by atoms with Crippen molar-refractivity contribution in [1.29, 1.82) is 5.26 Å². The van der Waals surface area contributed by atoms with Gasteiger partial charge in [-0.25, -0.2) is 4.98 Å². The highest BCUT2D eigenvalue weighted by Gasteiger charge is 2.31. The minimum atomic E-state index is -4.52. The van der Waals surface area contributed by atoms with Crippen molar-refractivity contribution in [3.05, 3.63) is 46.6 Å². The Morgan fingerprint density at radius 3 is 2.62 bits per heavy atom. The molecule has 2 rings (SSSR count). The summed E-state index contributed by atoms with van der Waals surface area (Å²) in [5.41, 5.74) is 5.10. The van der Waals surface area contributed by atoms with E-state index in [1.807, 2.05) is 6.07 Å². The average Bonchev–Trinajstić information content (AvgIpc) is 2.39. The molecule has 0 fully saturated rings. The molecule has 0 saturated heterocycles. The molecule has 0 aliphatic heterocycles. The Morgan fingerprint density at radius 1 is 1.29 bits per heavy atom. The van der Waals surface area contributed by atoms with Gasteiger partial charge < -0.3 is 11.1 Å². The molecule has 3 N–H and O–H groups in total. The third-order valence-electron chi connectivity index (χ3n) is 2.60. The number of aromatic nitrogens is 1. The summed E-state index contributed by atoms with van der Waals surface area (Å²) in [6.07, 6.45) is -3.19. The number of nitrogens with two attached hydrogens (primary N) is 1. The third-order valence-corrected chi connectivity index (χ3v) is 2.82. The van der Waals surface area contributed by atoms with E-state index in [0.29, 0.717) is 0 Å². The first kappa shape index (κ1) is 14.9. The highest BCUT2D eigenvalue weighted by atomic mass is 35.5. The van der Waals surface area contributed by atoms with E-state index in [1.54, 1.807) is 0 Å². The lowest BCUT2D eigenvalue weighted by Crippen LogP contribution is -2.06. The van der Waals surface area contributed by atoms with E-state index in [-0.39, 0.29) is 27.8 Å². The molecule has 0 atom stereocenters. The van der Waals surface area contributed by atoms with Crippen LogP contribution in [-0.2, 0) is 6.18 Å². The predicted octanol–water partition coefficient (Wildman–Crippen LogP) is 3.95. The number of benzene rings is 1. The van der Waals surface area contributed by atoms with E-state index in [0.717, 1.165) is 12.1 Å². The van der Waals surface area contributed by atoms with Crippen LogP contribution >= 0.6 is 11.6 Å². The maximum Gasteiger partial charge on any atom is 0.416 e. The SMILES string of the molecule is N#Cc1ccnc(Nc2cc(Cl)cc(C(F)(F)F)c2)c1N. The number of alkyl halides is 3. The van der Waals surface area contributed by atoms with Gasteiger partial charge in [0.2, 0.25) is 0 Å². The van der Waals surface area contributed by atoms with Crippen LogP contribution in [0.3, 0.4) is 0 Å². The highest BCUT2D eigenvalue weighted by molar-refractivity contribution is 6.31. The van der Waals surface area contributed by atoms with Crippen LogP contribution in [0.4, 0.5) is 30.4 Å². The molecule has 0 bridgehead atoms. The summed E-state index contributed by atoms with van der Waals surface area (Å²) >= 11 is 5.68. The Morgan fingerprint density at radius 2 is 2.00 bits per heavy atom. The molecule has 0 amide bonds. The van der Waals surface area contributed by atoms with E-state index in [4.69, 9.17) is 22.6 Å². The molecule has 1 heterocycles. The molecule has 108 valence electrons. The van der Waals surface area contributed by atoms with Gasteiger partial charge in [-0.3, -0.25) is 0 Å². The van der Waals surface area contributed by atoms with Gasteiger partial charge in [0.25, 0.3) is 0 Å². The number of nitrogens with one attached hydrogen (secondary N) is 1. The van der Waals surface area contributed by atoms with Gasteiger partial charge in [-0.1, -0.05) is 11.6 Å². The van der Waals surface area contributed by atoms with E-state index in [2.05, 4.69) is 10.3 Å². The maximum atomic E-state index is 12.7. The number of halogens is 4. The van der Waals surface area contributed by atoms with Gasteiger partial charge in [0, 0.05) is 16.9 Å². The van der Waals surface area contributed by atoms with Crippen molar-refractivity contribution in [3.63, 3.8) is 0 Å². The second-order valence-corrected chi connectivity index (χ2v) is 4.52. The summed E-state index contributed by atoms with van der Waals surface area (Å²) in [6, 6.07) is 6.26. The normalized spacial score (nSPS) is 11.0. The number of anilines is 3. The van der Waals surface area contributed by atoms with Gasteiger partial charge in [0.05, 0.1) is 16.8 Å². The monoisotopic (exact) mass is 312 g/mol. The number of nitrogens with zero attached hydrogens (tertiary/aromatic N) is 2. The van der Waals surface area contributed by atoms with Crippen molar-refractivity contribution in [2.45, 2.75) is 6.18 Å². The van der Waals surface area contributed by atoms with Crippen LogP contribution in [0, 0.1) is 11.3 Å². The fraction of sp³-hybridized carbons (Fsp3) is 0.0769. The Bertz CT molecular complexity index is 722. The number of pyridine rings is 1. The van der Waals surface area contributed by atoms with Crippen molar-refractivity contribution < 1.29 is 13.2 Å². The molecule has 0 radical (unpaired) electrons. The number of hydrogen-bond donors (Lipinski definition) is 2. The summed E-state index contributed by atoms with van der Waals surface area (Å²) in [6.45, 7) is 0. The number of nitriles is 1. The molecule has 0 saturated carbocycles. The first-order valence-electron chi connectivity index (χ1n) is 5.60. The molecular weight excluding hydrogens is 305 g/mol. The van der Waals surface area contributed by atoms with Gasteiger partial charge in [-0.05, 0) is 24.3 Å². The lowest BCUT2D eigenvalue weighted by molar-refractivity contribution is -0.137. The highest BCUT2D eigenvalue weighted by Crippen LogP contribution is 2.34. The van der Waals surface area contributed by atoms with Crippen molar-refractivity contribution in [1.82, 2.24) is 4.98 Å². The van der Waals surface area contributed by atoms with Crippen LogP contribution in [0.25, 0.3) is 0 Å². The number of nitrogen functional groups attached to an aromatic ring is 1.